The van der Waals surface area contributed by atoms with E-state index in [2.05, 4.69) is 31.0 Å². The summed E-state index contributed by atoms with van der Waals surface area (Å²) in [5.41, 5.74) is 5.24. The second kappa shape index (κ2) is 6.97. The van der Waals surface area contributed by atoms with Gasteiger partial charge in [-0.15, -0.1) is 11.3 Å². The van der Waals surface area contributed by atoms with Gasteiger partial charge in [-0.1, -0.05) is 36.4 Å². The highest BCUT2D eigenvalue weighted by Gasteiger charge is 2.21. The number of benzene rings is 2. The highest BCUT2D eigenvalue weighted by atomic mass is 32.1. The van der Waals surface area contributed by atoms with E-state index in [1.54, 1.807) is 4.90 Å². The van der Waals surface area contributed by atoms with E-state index in [0.717, 1.165) is 16.9 Å². The molecule has 2 aromatic carbocycles. The summed E-state index contributed by atoms with van der Waals surface area (Å²) < 4.78 is 0. The van der Waals surface area contributed by atoms with Crippen LogP contribution in [0.5, 0.6) is 0 Å². The van der Waals surface area contributed by atoms with Gasteiger partial charge in [-0.25, -0.2) is 4.98 Å². The topological polar surface area (TPSA) is 33.2 Å². The maximum absolute atomic E-state index is 13.0. The zero-order valence-corrected chi connectivity index (χ0v) is 14.9. The second-order valence-corrected chi connectivity index (χ2v) is 6.77. The number of nitrogens with zero attached hydrogens (tertiary/aromatic N) is 2. The van der Waals surface area contributed by atoms with Gasteiger partial charge in [0.1, 0.15) is 0 Å². The molecule has 0 bridgehead atoms. The van der Waals surface area contributed by atoms with Gasteiger partial charge >= 0.3 is 0 Å². The van der Waals surface area contributed by atoms with Crippen molar-refractivity contribution in [3.05, 3.63) is 76.3 Å². The van der Waals surface area contributed by atoms with E-state index in [0.29, 0.717) is 11.6 Å². The van der Waals surface area contributed by atoms with Crippen molar-refractivity contribution < 1.29 is 4.79 Å². The summed E-state index contributed by atoms with van der Waals surface area (Å²) in [7, 11) is 0. The van der Waals surface area contributed by atoms with Crippen molar-refractivity contribution in [3.8, 4) is 0 Å². The Hall–Kier alpha value is -2.46. The van der Waals surface area contributed by atoms with Gasteiger partial charge in [0, 0.05) is 5.38 Å². The molecule has 0 N–H and O–H groups in total. The molecular formula is C20H20N2OS. The third-order valence-electron chi connectivity index (χ3n) is 3.99. The lowest BCUT2D eigenvalue weighted by atomic mass is 10.0. The summed E-state index contributed by atoms with van der Waals surface area (Å²) in [6.07, 6.45) is 0.356. The number of aromatic nitrogens is 1. The smallest absolute Gasteiger partial charge is 0.237 e. The first-order valence-electron chi connectivity index (χ1n) is 7.91. The number of hydrogen-bond acceptors (Lipinski definition) is 3. The van der Waals surface area contributed by atoms with Gasteiger partial charge in [-0.3, -0.25) is 9.69 Å². The highest BCUT2D eigenvalue weighted by Crippen LogP contribution is 2.29. The van der Waals surface area contributed by atoms with Crippen LogP contribution in [0, 0.1) is 20.8 Å². The van der Waals surface area contributed by atoms with Gasteiger partial charge in [0.25, 0.3) is 0 Å². The molecule has 0 atom stereocenters. The van der Waals surface area contributed by atoms with E-state index in [1.807, 2.05) is 48.7 Å². The lowest BCUT2D eigenvalue weighted by molar-refractivity contribution is -0.117. The average molecular weight is 336 g/mol. The van der Waals surface area contributed by atoms with E-state index in [9.17, 15) is 4.79 Å². The predicted molar refractivity (Wildman–Crippen MR) is 100 cm³/mol. The van der Waals surface area contributed by atoms with Crippen LogP contribution in [0.4, 0.5) is 10.8 Å². The molecule has 0 aliphatic carbocycles. The SMILES string of the molecule is Cc1csc(N(C(=O)Cc2ccc(C)c(C)c2)c2ccccc2)n1. The molecule has 0 unspecified atom stereocenters. The van der Waals surface area contributed by atoms with E-state index in [1.165, 1.54) is 22.5 Å². The lowest BCUT2D eigenvalue weighted by Crippen LogP contribution is -2.27. The number of carbonyl (C=O) groups excluding carboxylic acids is 1. The fourth-order valence-electron chi connectivity index (χ4n) is 2.55. The fraction of sp³-hybridized carbons (Fsp3) is 0.200. The van der Waals surface area contributed by atoms with Crippen LogP contribution < -0.4 is 4.90 Å². The van der Waals surface area contributed by atoms with Crippen molar-refractivity contribution in [3.63, 3.8) is 0 Å². The number of anilines is 2. The molecule has 0 aliphatic heterocycles. The first-order chi connectivity index (χ1) is 11.5. The molecule has 122 valence electrons. The maximum Gasteiger partial charge on any atom is 0.237 e. The molecule has 0 radical (unpaired) electrons. The first-order valence-corrected chi connectivity index (χ1v) is 8.79. The molecule has 0 saturated heterocycles. The van der Waals surface area contributed by atoms with E-state index >= 15 is 0 Å². The molecule has 3 rings (SSSR count). The number of carbonyl (C=O) groups is 1. The molecule has 0 saturated carbocycles. The molecule has 24 heavy (non-hydrogen) atoms. The van der Waals surface area contributed by atoms with Gasteiger partial charge in [0.05, 0.1) is 17.8 Å². The molecule has 1 aromatic heterocycles. The zero-order valence-electron chi connectivity index (χ0n) is 14.1. The molecule has 1 heterocycles. The van der Waals surface area contributed by atoms with Crippen molar-refractivity contribution in [2.45, 2.75) is 27.2 Å². The molecule has 1 amide bonds. The molecule has 0 fully saturated rings. The number of aryl methyl sites for hydroxylation is 3. The molecule has 3 aromatic rings. The molecule has 0 aliphatic rings. The summed E-state index contributed by atoms with van der Waals surface area (Å²) in [6, 6.07) is 15.9. The number of thiazole rings is 1. The second-order valence-electron chi connectivity index (χ2n) is 5.93. The van der Waals surface area contributed by atoms with Gasteiger partial charge in [-0.05, 0) is 49.6 Å². The molecule has 4 heteroatoms. The monoisotopic (exact) mass is 336 g/mol. The predicted octanol–water partition coefficient (Wildman–Crippen LogP) is 4.98. The Morgan fingerprint density at radius 1 is 1.04 bits per heavy atom. The minimum absolute atomic E-state index is 0.0267. The molecule has 0 spiro atoms. The fourth-order valence-corrected chi connectivity index (χ4v) is 3.39. The summed E-state index contributed by atoms with van der Waals surface area (Å²) in [5, 5.41) is 2.68. The Kier molecular flexibility index (Phi) is 4.76. The highest BCUT2D eigenvalue weighted by molar-refractivity contribution is 7.14. The molecular weight excluding hydrogens is 316 g/mol. The summed E-state index contributed by atoms with van der Waals surface area (Å²) >= 11 is 1.49. The van der Waals surface area contributed by atoms with Crippen LogP contribution in [0.3, 0.4) is 0 Å². The third kappa shape index (κ3) is 3.54. The van der Waals surface area contributed by atoms with Crippen molar-refractivity contribution in [1.29, 1.82) is 0 Å². The number of para-hydroxylation sites is 1. The quantitative estimate of drug-likeness (QED) is 0.673. The van der Waals surface area contributed by atoms with E-state index < -0.39 is 0 Å². The van der Waals surface area contributed by atoms with E-state index in [-0.39, 0.29) is 5.91 Å². The first kappa shape index (κ1) is 16.4. The largest absolute Gasteiger partial charge is 0.274 e. The Bertz CT molecular complexity index is 855. The van der Waals surface area contributed by atoms with Crippen molar-refractivity contribution in [2.24, 2.45) is 0 Å². The number of amides is 1. The maximum atomic E-state index is 13.0. The van der Waals surface area contributed by atoms with Crippen LogP contribution in [-0.2, 0) is 11.2 Å². The number of rotatable bonds is 4. The van der Waals surface area contributed by atoms with Crippen LogP contribution in [0.2, 0.25) is 0 Å². The van der Waals surface area contributed by atoms with E-state index in [4.69, 9.17) is 0 Å². The van der Waals surface area contributed by atoms with Crippen molar-refractivity contribution >= 4 is 28.1 Å². The minimum atomic E-state index is 0.0267. The summed E-state index contributed by atoms with van der Waals surface area (Å²) in [6.45, 7) is 6.09. The summed E-state index contributed by atoms with van der Waals surface area (Å²) in [5.74, 6) is 0.0267. The van der Waals surface area contributed by atoms with Crippen molar-refractivity contribution in [2.75, 3.05) is 4.90 Å². The average Bonchev–Trinajstić information content (AvgIpc) is 2.98. The van der Waals surface area contributed by atoms with Gasteiger partial charge in [0.2, 0.25) is 5.91 Å². The van der Waals surface area contributed by atoms with Crippen molar-refractivity contribution in [1.82, 2.24) is 4.98 Å². The normalized spacial score (nSPS) is 10.6. The summed E-state index contributed by atoms with van der Waals surface area (Å²) in [4.78, 5) is 19.2. The Morgan fingerprint density at radius 2 is 1.79 bits per heavy atom. The van der Waals surface area contributed by atoms with Crippen LogP contribution in [0.1, 0.15) is 22.4 Å². The number of hydrogen-bond donors (Lipinski definition) is 0. The van der Waals surface area contributed by atoms with Crippen LogP contribution in [0.25, 0.3) is 0 Å². The Labute approximate surface area is 146 Å². The van der Waals surface area contributed by atoms with Crippen LogP contribution in [0.15, 0.2) is 53.9 Å². The van der Waals surface area contributed by atoms with Gasteiger partial charge in [0.15, 0.2) is 5.13 Å². The lowest BCUT2D eigenvalue weighted by Gasteiger charge is -2.20. The Morgan fingerprint density at radius 3 is 2.42 bits per heavy atom. The van der Waals surface area contributed by atoms with Gasteiger partial charge < -0.3 is 0 Å². The standard InChI is InChI=1S/C20H20N2OS/c1-14-9-10-17(11-15(14)2)12-19(23)22(18-7-5-4-6-8-18)20-21-16(3)13-24-20/h4-11,13H,12H2,1-3H3. The van der Waals surface area contributed by atoms with Crippen LogP contribution >= 0.6 is 11.3 Å². The molecule has 3 nitrogen and oxygen atoms in total. The zero-order chi connectivity index (χ0) is 17.1. The van der Waals surface area contributed by atoms with Gasteiger partial charge in [-0.2, -0.15) is 0 Å². The van der Waals surface area contributed by atoms with Crippen LogP contribution in [-0.4, -0.2) is 10.9 Å². The Balaban J connectivity index is 1.93. The third-order valence-corrected chi connectivity index (χ3v) is 4.93. The minimum Gasteiger partial charge on any atom is -0.274 e.